The molecule has 1 heterocycles. The van der Waals surface area contributed by atoms with Crippen molar-refractivity contribution in [2.24, 2.45) is 5.73 Å². The SMILES string of the molecule is NCCC#Cc1ccc(C2CCNCC2)cc1. The highest BCUT2D eigenvalue weighted by Gasteiger charge is 2.14. The van der Waals surface area contributed by atoms with E-state index in [1.165, 1.54) is 18.4 Å². The third-order valence-electron chi connectivity index (χ3n) is 3.22. The van der Waals surface area contributed by atoms with Crippen LogP contribution >= 0.6 is 0 Å². The van der Waals surface area contributed by atoms with Crippen LogP contribution in [-0.2, 0) is 0 Å². The van der Waals surface area contributed by atoms with Gasteiger partial charge in [0.25, 0.3) is 0 Å². The Kier molecular flexibility index (Phi) is 4.61. The molecule has 3 N–H and O–H groups in total. The number of hydrogen-bond donors (Lipinski definition) is 2. The number of rotatable bonds is 2. The molecule has 0 amide bonds. The number of piperidine rings is 1. The van der Waals surface area contributed by atoms with Crippen molar-refractivity contribution in [3.63, 3.8) is 0 Å². The smallest absolute Gasteiger partial charge is 0.0245 e. The summed E-state index contributed by atoms with van der Waals surface area (Å²) in [6.45, 7) is 2.92. The van der Waals surface area contributed by atoms with Gasteiger partial charge < -0.3 is 11.1 Å². The van der Waals surface area contributed by atoms with E-state index in [0.29, 0.717) is 6.54 Å². The lowest BCUT2D eigenvalue weighted by molar-refractivity contribution is 0.460. The molecular weight excluding hydrogens is 208 g/mol. The van der Waals surface area contributed by atoms with E-state index >= 15 is 0 Å². The van der Waals surface area contributed by atoms with Crippen molar-refractivity contribution in [1.82, 2.24) is 5.32 Å². The molecule has 0 spiro atoms. The fourth-order valence-electron chi connectivity index (χ4n) is 2.23. The Labute approximate surface area is 104 Å². The molecule has 1 aromatic rings. The quantitative estimate of drug-likeness (QED) is 0.758. The summed E-state index contributed by atoms with van der Waals surface area (Å²) in [5, 5.41) is 3.40. The molecule has 0 radical (unpaired) electrons. The van der Waals surface area contributed by atoms with E-state index < -0.39 is 0 Å². The topological polar surface area (TPSA) is 38.0 Å². The second kappa shape index (κ2) is 6.44. The summed E-state index contributed by atoms with van der Waals surface area (Å²) in [6, 6.07) is 8.70. The van der Waals surface area contributed by atoms with E-state index in [2.05, 4.69) is 41.4 Å². The Hall–Kier alpha value is -1.30. The molecule has 0 saturated carbocycles. The minimum Gasteiger partial charge on any atom is -0.330 e. The Bertz CT molecular complexity index is 391. The first-order valence-electron chi connectivity index (χ1n) is 6.40. The van der Waals surface area contributed by atoms with Crippen LogP contribution < -0.4 is 11.1 Å². The molecule has 0 unspecified atom stereocenters. The van der Waals surface area contributed by atoms with Crippen molar-refractivity contribution >= 4 is 0 Å². The van der Waals surface area contributed by atoms with E-state index in [1.807, 2.05) is 0 Å². The van der Waals surface area contributed by atoms with Crippen LogP contribution in [0.4, 0.5) is 0 Å². The molecule has 0 atom stereocenters. The van der Waals surface area contributed by atoms with Crippen LogP contribution in [0.5, 0.6) is 0 Å². The van der Waals surface area contributed by atoms with Gasteiger partial charge in [0.15, 0.2) is 0 Å². The first-order chi connectivity index (χ1) is 8.40. The van der Waals surface area contributed by atoms with Gasteiger partial charge in [0, 0.05) is 18.5 Å². The summed E-state index contributed by atoms with van der Waals surface area (Å²) in [5.74, 6) is 6.92. The molecule has 1 aromatic carbocycles. The van der Waals surface area contributed by atoms with E-state index in [0.717, 1.165) is 31.0 Å². The Morgan fingerprint density at radius 2 is 1.88 bits per heavy atom. The fraction of sp³-hybridized carbons (Fsp3) is 0.467. The number of nitrogens with one attached hydrogen (secondary N) is 1. The number of hydrogen-bond acceptors (Lipinski definition) is 2. The predicted octanol–water partition coefficient (Wildman–Crippen LogP) is 1.85. The maximum absolute atomic E-state index is 5.41. The normalized spacial score (nSPS) is 16.3. The number of nitrogens with two attached hydrogens (primary N) is 1. The van der Waals surface area contributed by atoms with Gasteiger partial charge in [0.2, 0.25) is 0 Å². The summed E-state index contributed by atoms with van der Waals surface area (Å²) >= 11 is 0. The van der Waals surface area contributed by atoms with Gasteiger partial charge in [0.1, 0.15) is 0 Å². The lowest BCUT2D eigenvalue weighted by Crippen LogP contribution is -2.26. The standard InChI is InChI=1S/C15H20N2/c16-10-2-1-3-13-4-6-14(7-5-13)15-8-11-17-12-9-15/h4-7,15,17H,2,8-12,16H2. The van der Waals surface area contributed by atoms with Crippen molar-refractivity contribution < 1.29 is 0 Å². The summed E-state index contributed by atoms with van der Waals surface area (Å²) in [7, 11) is 0. The van der Waals surface area contributed by atoms with Crippen molar-refractivity contribution in [2.75, 3.05) is 19.6 Å². The molecule has 2 heteroatoms. The molecule has 1 aliphatic rings. The lowest BCUT2D eigenvalue weighted by Gasteiger charge is -2.22. The van der Waals surface area contributed by atoms with Gasteiger partial charge in [-0.15, -0.1) is 0 Å². The third kappa shape index (κ3) is 3.59. The van der Waals surface area contributed by atoms with Crippen LogP contribution in [0.2, 0.25) is 0 Å². The van der Waals surface area contributed by atoms with Crippen LogP contribution in [0.25, 0.3) is 0 Å². The Morgan fingerprint density at radius 3 is 2.53 bits per heavy atom. The second-order valence-electron chi connectivity index (χ2n) is 4.49. The monoisotopic (exact) mass is 228 g/mol. The zero-order valence-corrected chi connectivity index (χ0v) is 10.2. The number of benzene rings is 1. The molecule has 17 heavy (non-hydrogen) atoms. The summed E-state index contributed by atoms with van der Waals surface area (Å²) < 4.78 is 0. The van der Waals surface area contributed by atoms with Crippen LogP contribution in [-0.4, -0.2) is 19.6 Å². The molecule has 0 aromatic heterocycles. The summed E-state index contributed by atoms with van der Waals surface area (Å²) in [5.41, 5.74) is 7.95. The fourth-order valence-corrected chi connectivity index (χ4v) is 2.23. The van der Waals surface area contributed by atoms with Crippen molar-refractivity contribution in [1.29, 1.82) is 0 Å². The van der Waals surface area contributed by atoms with E-state index in [9.17, 15) is 0 Å². The van der Waals surface area contributed by atoms with Crippen molar-refractivity contribution in [3.05, 3.63) is 35.4 Å². The van der Waals surface area contributed by atoms with Gasteiger partial charge in [-0.2, -0.15) is 0 Å². The molecule has 1 saturated heterocycles. The van der Waals surface area contributed by atoms with E-state index in [-0.39, 0.29) is 0 Å². The summed E-state index contributed by atoms with van der Waals surface area (Å²) in [6.07, 6.45) is 3.27. The average molecular weight is 228 g/mol. The summed E-state index contributed by atoms with van der Waals surface area (Å²) in [4.78, 5) is 0. The van der Waals surface area contributed by atoms with Gasteiger partial charge in [-0.05, 0) is 49.5 Å². The molecule has 90 valence electrons. The maximum Gasteiger partial charge on any atom is 0.0245 e. The van der Waals surface area contributed by atoms with Crippen molar-refractivity contribution in [3.8, 4) is 11.8 Å². The van der Waals surface area contributed by atoms with Crippen LogP contribution in [0.15, 0.2) is 24.3 Å². The van der Waals surface area contributed by atoms with Gasteiger partial charge >= 0.3 is 0 Å². The molecule has 2 rings (SSSR count). The molecule has 0 aliphatic carbocycles. The molecule has 0 bridgehead atoms. The first-order valence-corrected chi connectivity index (χ1v) is 6.40. The molecule has 1 aliphatic heterocycles. The van der Waals surface area contributed by atoms with Gasteiger partial charge in [-0.3, -0.25) is 0 Å². The highest BCUT2D eigenvalue weighted by molar-refractivity contribution is 5.37. The average Bonchev–Trinajstić information content (AvgIpc) is 2.41. The highest BCUT2D eigenvalue weighted by atomic mass is 14.9. The van der Waals surface area contributed by atoms with Gasteiger partial charge in [-0.1, -0.05) is 24.0 Å². The van der Waals surface area contributed by atoms with Crippen LogP contribution in [0.1, 0.15) is 36.3 Å². The zero-order chi connectivity index (χ0) is 11.9. The van der Waals surface area contributed by atoms with Crippen molar-refractivity contribution in [2.45, 2.75) is 25.2 Å². The van der Waals surface area contributed by atoms with E-state index in [1.54, 1.807) is 0 Å². The zero-order valence-electron chi connectivity index (χ0n) is 10.2. The Balaban J connectivity index is 2.00. The molecule has 2 nitrogen and oxygen atoms in total. The van der Waals surface area contributed by atoms with Gasteiger partial charge in [-0.25, -0.2) is 0 Å². The first kappa shape index (κ1) is 12.2. The highest BCUT2D eigenvalue weighted by Crippen LogP contribution is 2.24. The Morgan fingerprint density at radius 1 is 1.18 bits per heavy atom. The minimum absolute atomic E-state index is 0.639. The molecular formula is C15H20N2. The maximum atomic E-state index is 5.41. The third-order valence-corrected chi connectivity index (χ3v) is 3.22. The minimum atomic E-state index is 0.639. The predicted molar refractivity (Wildman–Crippen MR) is 71.8 cm³/mol. The van der Waals surface area contributed by atoms with Crippen LogP contribution in [0.3, 0.4) is 0 Å². The largest absolute Gasteiger partial charge is 0.330 e. The van der Waals surface area contributed by atoms with Gasteiger partial charge in [0.05, 0.1) is 0 Å². The molecule has 1 fully saturated rings. The van der Waals surface area contributed by atoms with E-state index in [4.69, 9.17) is 5.73 Å². The second-order valence-corrected chi connectivity index (χ2v) is 4.49. The lowest BCUT2D eigenvalue weighted by atomic mass is 9.90. The van der Waals surface area contributed by atoms with Crippen LogP contribution in [0, 0.1) is 11.8 Å².